The van der Waals surface area contributed by atoms with Gasteiger partial charge in [-0.2, -0.15) is 0 Å². The minimum absolute atomic E-state index is 0.107. The van der Waals surface area contributed by atoms with Crippen LogP contribution in [0.25, 0.3) is 44.8 Å². The van der Waals surface area contributed by atoms with E-state index >= 15 is 0 Å². The van der Waals surface area contributed by atoms with Gasteiger partial charge in [-0.15, -0.1) is 0 Å². The smallest absolute Gasteiger partial charge is 0.407 e. The molecule has 1 saturated carbocycles. The summed E-state index contributed by atoms with van der Waals surface area (Å²) in [4.78, 5) is 77.3. The first kappa shape index (κ1) is 44.0. The molecule has 1 spiro atoms. The summed E-state index contributed by atoms with van der Waals surface area (Å²) in [6.07, 6.45) is 10.9. The van der Waals surface area contributed by atoms with Crippen molar-refractivity contribution >= 4 is 35.2 Å². The predicted molar refractivity (Wildman–Crippen MR) is 246 cm³/mol. The van der Waals surface area contributed by atoms with Crippen molar-refractivity contribution in [3.63, 3.8) is 0 Å². The van der Waals surface area contributed by atoms with E-state index in [0.29, 0.717) is 24.6 Å². The Balaban J connectivity index is 0.964. The molecule has 3 fully saturated rings. The van der Waals surface area contributed by atoms with Crippen LogP contribution in [0.4, 0.5) is 9.59 Å². The molecule has 15 heteroatoms. The molecule has 4 aliphatic rings. The molecule has 9 rings (SSSR count). The number of hydrogen-bond donors (Lipinski definition) is 4. The van der Waals surface area contributed by atoms with Crippen molar-refractivity contribution in [2.24, 2.45) is 17.3 Å². The maximum atomic E-state index is 13.8. The first-order valence-corrected chi connectivity index (χ1v) is 23.3. The highest BCUT2D eigenvalue weighted by Gasteiger charge is 2.43. The van der Waals surface area contributed by atoms with Crippen LogP contribution in [0.3, 0.4) is 0 Å². The lowest BCUT2D eigenvalue weighted by Gasteiger charge is -2.30. The van der Waals surface area contributed by atoms with E-state index < -0.39 is 24.3 Å². The van der Waals surface area contributed by atoms with Crippen LogP contribution in [-0.2, 0) is 31.9 Å². The minimum atomic E-state index is -0.704. The number of nitrogens with zero attached hydrogens (tertiary/aromatic N) is 5. The zero-order valence-electron chi connectivity index (χ0n) is 38.3. The number of imidazole rings is 2. The van der Waals surface area contributed by atoms with E-state index in [4.69, 9.17) is 24.4 Å². The van der Waals surface area contributed by atoms with Crippen LogP contribution in [0.15, 0.2) is 54.7 Å². The number of alkyl carbamates (subject to hydrolysis) is 2. The topological polar surface area (TPSA) is 188 Å². The number of ether oxygens (including phenoxy) is 2. The van der Waals surface area contributed by atoms with Crippen LogP contribution in [0.1, 0.15) is 114 Å². The second kappa shape index (κ2) is 18.0. The molecule has 4 unspecified atom stereocenters. The van der Waals surface area contributed by atoms with Crippen molar-refractivity contribution in [2.45, 2.75) is 116 Å². The van der Waals surface area contributed by atoms with Crippen molar-refractivity contribution in [1.82, 2.24) is 45.4 Å². The van der Waals surface area contributed by atoms with Gasteiger partial charge < -0.3 is 39.9 Å². The van der Waals surface area contributed by atoms with Crippen LogP contribution in [-0.4, -0.2) is 98.1 Å². The Morgan fingerprint density at radius 3 is 1.82 bits per heavy atom. The molecule has 65 heavy (non-hydrogen) atoms. The molecule has 3 aromatic heterocycles. The Morgan fingerprint density at radius 1 is 0.677 bits per heavy atom. The zero-order valence-corrected chi connectivity index (χ0v) is 38.3. The summed E-state index contributed by atoms with van der Waals surface area (Å²) in [6.45, 7) is 8.84. The highest BCUT2D eigenvalue weighted by Crippen LogP contribution is 2.53. The lowest BCUT2D eigenvalue weighted by molar-refractivity contribution is -0.136. The predicted octanol–water partition coefficient (Wildman–Crippen LogP) is 8.43. The number of methoxy groups -OCH3 is 2. The van der Waals surface area contributed by atoms with Gasteiger partial charge in [0.05, 0.1) is 49.4 Å². The van der Waals surface area contributed by atoms with Crippen molar-refractivity contribution in [1.29, 1.82) is 0 Å². The standard InChI is InChI=1S/C50H61N9O6/c1-28(2)41(55-48(62)64-5)46(60)58-23-9-11-39(58)44-51-27-38(54-44)31-15-13-30(14-16-31)32-17-18-33(35-26-50(25-34(32)35)21-7-8-22-50)36-19-20-37-43(52-36)57-45(53-37)40-12-10-24-59(40)47(61)42(29(3)4)56-49(63)65-6/h13-20,27-29,39-42H,7-12,21-26H2,1-6H3,(H,51,54)(H,55,62)(H,56,63)(H,52,53,57). The summed E-state index contributed by atoms with van der Waals surface area (Å²) in [5, 5.41) is 5.46. The van der Waals surface area contributed by atoms with Gasteiger partial charge >= 0.3 is 12.2 Å². The lowest BCUT2D eigenvalue weighted by Crippen LogP contribution is -2.51. The van der Waals surface area contributed by atoms with E-state index in [1.807, 2.05) is 43.7 Å². The molecule has 5 heterocycles. The van der Waals surface area contributed by atoms with Crippen LogP contribution < -0.4 is 10.6 Å². The van der Waals surface area contributed by atoms with E-state index in [-0.39, 0.29) is 41.1 Å². The quantitative estimate of drug-likeness (QED) is 0.101. The highest BCUT2D eigenvalue weighted by atomic mass is 16.5. The maximum absolute atomic E-state index is 13.8. The summed E-state index contributed by atoms with van der Waals surface area (Å²) >= 11 is 0. The third-order valence-electron chi connectivity index (χ3n) is 14.4. The van der Waals surface area contributed by atoms with Crippen molar-refractivity contribution in [3.05, 3.63) is 77.5 Å². The molecule has 15 nitrogen and oxygen atoms in total. The summed E-state index contributed by atoms with van der Waals surface area (Å²) in [5.41, 5.74) is 10.8. The number of hydrogen-bond acceptors (Lipinski definition) is 9. The molecule has 4 atom stereocenters. The van der Waals surface area contributed by atoms with Gasteiger partial charge in [0.1, 0.15) is 23.7 Å². The number of likely N-dealkylation sites (tertiary alicyclic amines) is 2. The number of fused-ring (bicyclic) bond motifs is 2. The third-order valence-corrected chi connectivity index (χ3v) is 14.4. The summed E-state index contributed by atoms with van der Waals surface area (Å²) in [7, 11) is 2.60. The molecule has 2 aromatic carbocycles. The first-order chi connectivity index (χ1) is 31.4. The lowest BCUT2D eigenvalue weighted by atomic mass is 9.82. The Labute approximate surface area is 379 Å². The number of amides is 4. The van der Waals surface area contributed by atoms with Gasteiger partial charge in [0.15, 0.2) is 5.65 Å². The molecule has 0 bridgehead atoms. The van der Waals surface area contributed by atoms with E-state index in [1.54, 1.807) is 0 Å². The summed E-state index contributed by atoms with van der Waals surface area (Å²) in [6, 6.07) is 15.5. The molecule has 4 amide bonds. The molecular weight excluding hydrogens is 823 g/mol. The number of rotatable bonds is 11. The van der Waals surface area contributed by atoms with Crippen LogP contribution in [0.2, 0.25) is 0 Å². The molecule has 0 radical (unpaired) electrons. The number of aromatic nitrogens is 5. The molecular formula is C50H61N9O6. The SMILES string of the molecule is COC(=O)NC(C(=O)N1CCCC1c1ncc(-c2ccc(-c3ccc(-c4ccc5[nH]c(C6CCCN6C(=O)C(NC(=O)OC)C(C)C)nc5n4)c4c3CC3(CCCC3)C4)cc2)[nH]1)C(C)C. The first-order valence-electron chi connectivity index (χ1n) is 23.3. The van der Waals surface area contributed by atoms with E-state index in [9.17, 15) is 19.2 Å². The Hall–Kier alpha value is -6.25. The number of H-pyrrole nitrogens is 2. The monoisotopic (exact) mass is 883 g/mol. The number of carbonyl (C=O) groups excluding carboxylic acids is 4. The second-order valence-electron chi connectivity index (χ2n) is 19.2. The fourth-order valence-electron chi connectivity index (χ4n) is 11.0. The maximum Gasteiger partial charge on any atom is 0.407 e. The number of benzene rings is 2. The Morgan fingerprint density at radius 2 is 1.23 bits per heavy atom. The van der Waals surface area contributed by atoms with Gasteiger partial charge in [-0.25, -0.2) is 24.5 Å². The molecule has 2 saturated heterocycles. The fourth-order valence-corrected chi connectivity index (χ4v) is 11.0. The van der Waals surface area contributed by atoms with Gasteiger partial charge in [0.2, 0.25) is 11.8 Å². The number of nitrogens with one attached hydrogen (secondary N) is 4. The van der Waals surface area contributed by atoms with Gasteiger partial charge in [0, 0.05) is 18.7 Å². The second-order valence-corrected chi connectivity index (χ2v) is 19.2. The molecule has 2 aliphatic carbocycles. The van der Waals surface area contributed by atoms with E-state index in [2.05, 4.69) is 69.1 Å². The van der Waals surface area contributed by atoms with Crippen molar-refractivity contribution in [2.75, 3.05) is 27.3 Å². The average Bonchev–Trinajstić information content (AvgIpc) is 4.17. The molecule has 2 aliphatic heterocycles. The largest absolute Gasteiger partial charge is 0.453 e. The van der Waals surface area contributed by atoms with Crippen LogP contribution in [0.5, 0.6) is 0 Å². The Bertz CT molecular complexity index is 2590. The number of aromatic amines is 2. The Kier molecular flexibility index (Phi) is 12.2. The normalized spacial score (nSPS) is 19.9. The van der Waals surface area contributed by atoms with Crippen molar-refractivity contribution < 1.29 is 28.7 Å². The number of pyridine rings is 1. The van der Waals surface area contributed by atoms with Gasteiger partial charge in [-0.1, -0.05) is 76.9 Å². The highest BCUT2D eigenvalue weighted by molar-refractivity contribution is 5.88. The van der Waals surface area contributed by atoms with Crippen molar-refractivity contribution in [3.8, 4) is 33.6 Å². The molecule has 4 N–H and O–H groups in total. The summed E-state index contributed by atoms with van der Waals surface area (Å²) < 4.78 is 9.62. The van der Waals surface area contributed by atoms with Gasteiger partial charge in [0.25, 0.3) is 0 Å². The zero-order chi connectivity index (χ0) is 45.6. The third kappa shape index (κ3) is 8.45. The average molecular weight is 884 g/mol. The minimum Gasteiger partial charge on any atom is -0.453 e. The number of carbonyl (C=O) groups is 4. The van der Waals surface area contributed by atoms with Gasteiger partial charge in [-0.05, 0) is 109 Å². The van der Waals surface area contributed by atoms with Gasteiger partial charge in [-0.3, -0.25) is 9.59 Å². The van der Waals surface area contributed by atoms with Crippen LogP contribution >= 0.6 is 0 Å². The van der Waals surface area contributed by atoms with E-state index in [0.717, 1.165) is 77.9 Å². The molecule has 342 valence electrons. The summed E-state index contributed by atoms with van der Waals surface area (Å²) in [5.74, 6) is 0.948. The van der Waals surface area contributed by atoms with Crippen LogP contribution in [0, 0.1) is 17.3 Å². The fraction of sp³-hybridized carbons (Fsp3) is 0.500. The van der Waals surface area contributed by atoms with E-state index in [1.165, 1.54) is 56.6 Å². The molecule has 5 aromatic rings.